The first-order valence-corrected chi connectivity index (χ1v) is 19.7. The topological polar surface area (TPSA) is 135 Å². The van der Waals surface area contributed by atoms with E-state index in [4.69, 9.17) is 37.9 Å². The quantitative estimate of drug-likeness (QED) is 0.0948. The number of hydrogen-bond donors (Lipinski definition) is 3. The van der Waals surface area contributed by atoms with Gasteiger partial charge in [-0.05, 0) is 27.8 Å². The molecule has 2 saturated heterocycles. The minimum Gasteiger partial charge on any atom is -0.394 e. The fraction of sp³-hybridized carbons (Fsp3) is 0.362. The number of rotatable bonds is 19. The van der Waals surface area contributed by atoms with Crippen LogP contribution in [0.5, 0.6) is 0 Å². The number of aliphatic hydroxyl groups is 3. The molecule has 2 aliphatic heterocycles. The van der Waals surface area contributed by atoms with Crippen molar-refractivity contribution < 1.29 is 53.2 Å². The largest absolute Gasteiger partial charge is 0.394 e. The van der Waals surface area contributed by atoms with Crippen LogP contribution in [-0.2, 0) is 70.9 Å². The summed E-state index contributed by atoms with van der Waals surface area (Å²) in [6, 6.07) is 48.3. The lowest BCUT2D eigenvalue weighted by Gasteiger charge is -2.49. The monoisotopic (exact) mass is 792 g/mol. The Morgan fingerprint density at radius 1 is 0.414 bits per heavy atom. The van der Waals surface area contributed by atoms with Crippen LogP contribution in [0.1, 0.15) is 27.8 Å². The predicted molar refractivity (Wildman–Crippen MR) is 214 cm³/mol. The predicted octanol–water partition coefficient (Wildman–Crippen LogP) is 5.73. The molecule has 0 radical (unpaired) electrons. The molecule has 0 aliphatic carbocycles. The third-order valence-electron chi connectivity index (χ3n) is 10.2. The van der Waals surface area contributed by atoms with Crippen molar-refractivity contribution in [3.63, 3.8) is 0 Å². The lowest BCUT2D eigenvalue weighted by Crippen LogP contribution is -2.66. The van der Waals surface area contributed by atoms with E-state index in [1.54, 1.807) is 0 Å². The Balaban J connectivity index is 1.22. The van der Waals surface area contributed by atoms with Gasteiger partial charge in [0, 0.05) is 0 Å². The van der Waals surface area contributed by atoms with Gasteiger partial charge in [-0.3, -0.25) is 0 Å². The second-order valence-corrected chi connectivity index (χ2v) is 14.4. The summed E-state index contributed by atoms with van der Waals surface area (Å²) in [5, 5.41) is 33.8. The van der Waals surface area contributed by atoms with Crippen molar-refractivity contribution in [2.75, 3.05) is 13.2 Å². The molecule has 0 saturated carbocycles. The van der Waals surface area contributed by atoms with Gasteiger partial charge in [-0.1, -0.05) is 152 Å². The van der Waals surface area contributed by atoms with Crippen LogP contribution >= 0.6 is 0 Å². The van der Waals surface area contributed by atoms with E-state index < -0.39 is 68.0 Å². The third kappa shape index (κ3) is 11.4. The van der Waals surface area contributed by atoms with Crippen molar-refractivity contribution in [1.29, 1.82) is 0 Å². The summed E-state index contributed by atoms with van der Waals surface area (Å²) < 4.78 is 52.0. The minimum atomic E-state index is -1.42. The Labute approximate surface area is 339 Å². The highest BCUT2D eigenvalue weighted by atomic mass is 16.7. The van der Waals surface area contributed by atoms with E-state index >= 15 is 0 Å². The van der Waals surface area contributed by atoms with Crippen LogP contribution in [0.3, 0.4) is 0 Å². The van der Waals surface area contributed by atoms with Gasteiger partial charge in [0.15, 0.2) is 12.6 Å². The average molecular weight is 793 g/mol. The first-order chi connectivity index (χ1) is 28.6. The molecule has 11 heteroatoms. The minimum absolute atomic E-state index is 0.00940. The summed E-state index contributed by atoms with van der Waals surface area (Å²) in [6.07, 6.45) is -10.8. The number of hydrogen-bond acceptors (Lipinski definition) is 11. The molecule has 0 bridgehead atoms. The highest BCUT2D eigenvalue weighted by molar-refractivity contribution is 5.17. The molecular weight excluding hydrogens is 741 g/mol. The first kappa shape index (κ1) is 41.8. The summed E-state index contributed by atoms with van der Waals surface area (Å²) in [4.78, 5) is 0. The molecule has 10 atom stereocenters. The Morgan fingerprint density at radius 3 is 1.26 bits per heavy atom. The highest BCUT2D eigenvalue weighted by Gasteiger charge is 2.53. The first-order valence-electron chi connectivity index (χ1n) is 19.7. The van der Waals surface area contributed by atoms with E-state index in [0.717, 1.165) is 27.8 Å². The zero-order valence-corrected chi connectivity index (χ0v) is 32.3. The summed E-state index contributed by atoms with van der Waals surface area (Å²) in [5.41, 5.74) is 4.53. The smallest absolute Gasteiger partial charge is 0.187 e. The van der Waals surface area contributed by atoms with Crippen molar-refractivity contribution in [2.45, 2.75) is 94.4 Å². The fourth-order valence-electron chi connectivity index (χ4n) is 7.17. The lowest BCUT2D eigenvalue weighted by molar-refractivity contribution is -0.371. The maximum Gasteiger partial charge on any atom is 0.187 e. The normalized spacial score (nSPS) is 27.3. The molecule has 0 spiro atoms. The molecule has 0 aromatic heterocycles. The molecule has 5 aromatic rings. The molecule has 5 aromatic carbocycles. The number of benzene rings is 5. The molecule has 11 nitrogen and oxygen atoms in total. The molecule has 2 fully saturated rings. The van der Waals surface area contributed by atoms with E-state index in [9.17, 15) is 15.3 Å². The molecule has 306 valence electrons. The molecular formula is C47H52O11. The van der Waals surface area contributed by atoms with Gasteiger partial charge in [0.2, 0.25) is 0 Å². The second-order valence-electron chi connectivity index (χ2n) is 14.4. The van der Waals surface area contributed by atoms with Crippen molar-refractivity contribution in [2.24, 2.45) is 0 Å². The summed E-state index contributed by atoms with van der Waals surface area (Å²) in [5.74, 6) is 0. The SMILES string of the molecule is OC[C@H]1O[C@@H](O[C@H]2[C@H](OCc3ccccc3)[C@@H](OCc3ccccc3)[C@H](O)O[C@@H]2COCc2ccccc2)[C@H](OCc2ccccc2)[C@@H](OCc2ccccc2)[C@H]1O. The zero-order chi connectivity index (χ0) is 39.9. The van der Waals surface area contributed by atoms with Gasteiger partial charge in [0.1, 0.15) is 48.8 Å². The number of aliphatic hydroxyl groups excluding tert-OH is 3. The summed E-state index contributed by atoms with van der Waals surface area (Å²) in [6.45, 7) is 0.413. The van der Waals surface area contributed by atoms with Crippen molar-refractivity contribution in [1.82, 2.24) is 0 Å². The molecule has 58 heavy (non-hydrogen) atoms. The van der Waals surface area contributed by atoms with Gasteiger partial charge in [-0.2, -0.15) is 0 Å². The van der Waals surface area contributed by atoms with Crippen LogP contribution in [0.4, 0.5) is 0 Å². The Bertz CT molecular complexity index is 1870. The molecule has 7 rings (SSSR count). The second kappa shape index (κ2) is 21.6. The van der Waals surface area contributed by atoms with Crippen LogP contribution in [-0.4, -0.2) is 89.9 Å². The van der Waals surface area contributed by atoms with Crippen LogP contribution in [0.2, 0.25) is 0 Å². The number of ether oxygens (including phenoxy) is 8. The van der Waals surface area contributed by atoms with E-state index in [-0.39, 0.29) is 39.6 Å². The summed E-state index contributed by atoms with van der Waals surface area (Å²) in [7, 11) is 0. The fourth-order valence-corrected chi connectivity index (χ4v) is 7.17. The van der Waals surface area contributed by atoms with Crippen molar-refractivity contribution in [3.05, 3.63) is 179 Å². The molecule has 2 aliphatic rings. The Hall–Kier alpha value is -4.34. The van der Waals surface area contributed by atoms with Crippen LogP contribution in [0.25, 0.3) is 0 Å². The Morgan fingerprint density at radius 2 is 0.810 bits per heavy atom. The van der Waals surface area contributed by atoms with Gasteiger partial charge in [-0.15, -0.1) is 0 Å². The van der Waals surface area contributed by atoms with Crippen molar-refractivity contribution >= 4 is 0 Å². The van der Waals surface area contributed by atoms with Crippen LogP contribution < -0.4 is 0 Å². The van der Waals surface area contributed by atoms with Gasteiger partial charge in [0.25, 0.3) is 0 Å². The van der Waals surface area contributed by atoms with Gasteiger partial charge in [-0.25, -0.2) is 0 Å². The zero-order valence-electron chi connectivity index (χ0n) is 32.3. The van der Waals surface area contributed by atoms with E-state index in [2.05, 4.69) is 0 Å². The maximum atomic E-state index is 11.6. The molecule has 2 heterocycles. The molecule has 0 unspecified atom stereocenters. The van der Waals surface area contributed by atoms with E-state index in [0.29, 0.717) is 0 Å². The standard InChI is InChI=1S/C47H52O11/c48-26-38-40(49)42(52-28-34-18-8-2-9-19-34)45(55-31-37-24-14-5-15-25-37)47(57-38)58-41-39(32-51-27-33-16-6-1-7-17-33)56-46(50)44(54-30-36-22-12-4-13-23-36)43(41)53-29-35-20-10-3-11-21-35/h1-25,38-50H,26-32H2/t38-,39-,40+,41-,42+,43+,44-,45-,46-,47+/m1/s1. The van der Waals surface area contributed by atoms with Crippen LogP contribution in [0, 0.1) is 0 Å². The van der Waals surface area contributed by atoms with Crippen LogP contribution in [0.15, 0.2) is 152 Å². The maximum absolute atomic E-state index is 11.6. The van der Waals surface area contributed by atoms with E-state index in [1.165, 1.54) is 0 Å². The van der Waals surface area contributed by atoms with E-state index in [1.807, 2.05) is 152 Å². The molecule has 0 amide bonds. The van der Waals surface area contributed by atoms with Gasteiger partial charge >= 0.3 is 0 Å². The van der Waals surface area contributed by atoms with Gasteiger partial charge < -0.3 is 53.2 Å². The molecule has 3 N–H and O–H groups in total. The highest BCUT2D eigenvalue weighted by Crippen LogP contribution is 2.35. The Kier molecular flexibility index (Phi) is 15.6. The average Bonchev–Trinajstić information content (AvgIpc) is 3.27. The van der Waals surface area contributed by atoms with Crippen molar-refractivity contribution in [3.8, 4) is 0 Å². The van der Waals surface area contributed by atoms with Gasteiger partial charge in [0.05, 0.1) is 46.2 Å². The third-order valence-corrected chi connectivity index (χ3v) is 10.2. The summed E-state index contributed by atoms with van der Waals surface area (Å²) >= 11 is 0. The lowest BCUT2D eigenvalue weighted by atomic mass is 9.96.